The van der Waals surface area contributed by atoms with E-state index in [4.69, 9.17) is 5.73 Å². The summed E-state index contributed by atoms with van der Waals surface area (Å²) in [6.45, 7) is 1.15. The van der Waals surface area contributed by atoms with E-state index in [1.54, 1.807) is 18.2 Å². The van der Waals surface area contributed by atoms with Gasteiger partial charge in [0.2, 0.25) is 0 Å². The van der Waals surface area contributed by atoms with Crippen LogP contribution in [0.5, 0.6) is 5.75 Å². The lowest BCUT2D eigenvalue weighted by molar-refractivity contribution is -0.274. The van der Waals surface area contributed by atoms with Crippen molar-refractivity contribution in [1.29, 1.82) is 0 Å². The van der Waals surface area contributed by atoms with E-state index in [0.29, 0.717) is 18.8 Å². The molecule has 0 fully saturated rings. The molecule has 0 heterocycles. The number of halogens is 4. The number of nitrogens with zero attached hydrogens (tertiary/aromatic N) is 1. The minimum Gasteiger partial charge on any atom is -0.406 e. The second kappa shape index (κ2) is 8.08. The average Bonchev–Trinajstić information content (AvgIpc) is 2.36. The van der Waals surface area contributed by atoms with E-state index in [1.165, 1.54) is 12.1 Å². The molecule has 0 atom stereocenters. The van der Waals surface area contributed by atoms with Gasteiger partial charge in [-0.15, -0.1) is 25.6 Å². The molecule has 2 aromatic carbocycles. The van der Waals surface area contributed by atoms with Gasteiger partial charge < -0.3 is 10.5 Å². The number of alkyl halides is 3. The van der Waals surface area contributed by atoms with Crippen LogP contribution in [0.1, 0.15) is 11.1 Å². The third kappa shape index (κ3) is 6.80. The van der Waals surface area contributed by atoms with Crippen molar-refractivity contribution in [3.8, 4) is 5.75 Å². The fraction of sp³-hybridized carbons (Fsp3) is 0.250. The summed E-state index contributed by atoms with van der Waals surface area (Å²) in [6, 6.07) is 13.5. The zero-order valence-corrected chi connectivity index (χ0v) is 13.3. The smallest absolute Gasteiger partial charge is 0.406 e. The molecule has 3 nitrogen and oxygen atoms in total. The highest BCUT2D eigenvalue weighted by atomic mass is 35.5. The molecule has 0 aromatic heterocycles. The average molecular weight is 347 g/mol. The first-order chi connectivity index (χ1) is 10.3. The molecule has 2 aromatic rings. The minimum absolute atomic E-state index is 0. The van der Waals surface area contributed by atoms with Crippen molar-refractivity contribution in [1.82, 2.24) is 4.90 Å². The van der Waals surface area contributed by atoms with Gasteiger partial charge in [-0.1, -0.05) is 24.3 Å². The summed E-state index contributed by atoms with van der Waals surface area (Å²) in [5, 5.41) is 0. The van der Waals surface area contributed by atoms with Crippen LogP contribution in [0.4, 0.5) is 18.9 Å². The van der Waals surface area contributed by atoms with Crippen molar-refractivity contribution in [2.75, 3.05) is 12.8 Å². The van der Waals surface area contributed by atoms with Gasteiger partial charge in [0, 0.05) is 18.8 Å². The lowest BCUT2D eigenvalue weighted by Crippen LogP contribution is -2.19. The largest absolute Gasteiger partial charge is 0.573 e. The van der Waals surface area contributed by atoms with Crippen molar-refractivity contribution in [3.63, 3.8) is 0 Å². The van der Waals surface area contributed by atoms with Gasteiger partial charge in [-0.05, 0) is 42.4 Å². The monoisotopic (exact) mass is 346 g/mol. The molecule has 0 amide bonds. The van der Waals surface area contributed by atoms with Crippen molar-refractivity contribution in [2.24, 2.45) is 0 Å². The van der Waals surface area contributed by atoms with Crippen LogP contribution in [0, 0.1) is 0 Å². The molecule has 0 saturated carbocycles. The Morgan fingerprint density at radius 2 is 1.57 bits per heavy atom. The normalized spacial score (nSPS) is 11.2. The maximum absolute atomic E-state index is 12.2. The molecule has 2 N–H and O–H groups in total. The topological polar surface area (TPSA) is 38.5 Å². The highest BCUT2D eigenvalue weighted by Gasteiger charge is 2.31. The second-order valence-corrected chi connectivity index (χ2v) is 5.11. The second-order valence-electron chi connectivity index (χ2n) is 5.11. The molecule has 23 heavy (non-hydrogen) atoms. The van der Waals surface area contributed by atoms with Crippen molar-refractivity contribution >= 4 is 18.1 Å². The predicted octanol–water partition coefficient (Wildman–Crippen LogP) is 4.22. The van der Waals surface area contributed by atoms with Crippen molar-refractivity contribution < 1.29 is 17.9 Å². The Morgan fingerprint density at radius 1 is 1.00 bits per heavy atom. The number of ether oxygens (including phenoxy) is 1. The molecule has 126 valence electrons. The highest BCUT2D eigenvalue weighted by Crippen LogP contribution is 2.23. The maximum atomic E-state index is 12.2. The molecular weight excluding hydrogens is 329 g/mol. The Balaban J connectivity index is 0.00000264. The van der Waals surface area contributed by atoms with E-state index in [9.17, 15) is 13.2 Å². The van der Waals surface area contributed by atoms with E-state index in [2.05, 4.69) is 4.74 Å². The van der Waals surface area contributed by atoms with E-state index < -0.39 is 6.36 Å². The Kier molecular flexibility index (Phi) is 6.72. The molecular formula is C16H18ClF3N2O. The summed E-state index contributed by atoms with van der Waals surface area (Å²) in [7, 11) is 1.89. The van der Waals surface area contributed by atoms with Gasteiger partial charge >= 0.3 is 6.36 Å². The first kappa shape index (κ1) is 19.1. The van der Waals surface area contributed by atoms with Gasteiger partial charge in [-0.2, -0.15) is 0 Å². The molecule has 0 aliphatic carbocycles. The molecule has 0 aliphatic heterocycles. The quantitative estimate of drug-likeness (QED) is 0.824. The molecule has 0 radical (unpaired) electrons. The number of nitrogen functional groups attached to an aromatic ring is 1. The molecule has 2 rings (SSSR count). The zero-order valence-electron chi connectivity index (χ0n) is 12.5. The number of anilines is 1. The molecule has 0 spiro atoms. The third-order valence-corrected chi connectivity index (χ3v) is 2.99. The van der Waals surface area contributed by atoms with Crippen LogP contribution in [0.2, 0.25) is 0 Å². The molecule has 0 bridgehead atoms. The number of hydrogen-bond acceptors (Lipinski definition) is 3. The van der Waals surface area contributed by atoms with Crippen LogP contribution in [-0.2, 0) is 13.1 Å². The Labute approximate surface area is 139 Å². The van der Waals surface area contributed by atoms with Crippen molar-refractivity contribution in [2.45, 2.75) is 19.5 Å². The molecule has 7 heteroatoms. The third-order valence-electron chi connectivity index (χ3n) is 2.99. The highest BCUT2D eigenvalue weighted by molar-refractivity contribution is 5.85. The van der Waals surface area contributed by atoms with E-state index in [0.717, 1.165) is 11.1 Å². The number of nitrogens with two attached hydrogens (primary N) is 1. The predicted molar refractivity (Wildman–Crippen MR) is 86.4 cm³/mol. The van der Waals surface area contributed by atoms with Gasteiger partial charge in [-0.25, -0.2) is 0 Å². The number of benzene rings is 2. The van der Waals surface area contributed by atoms with Gasteiger partial charge in [0.1, 0.15) is 5.75 Å². The summed E-state index contributed by atoms with van der Waals surface area (Å²) in [5.41, 5.74) is 8.20. The first-order valence-corrected chi connectivity index (χ1v) is 6.69. The van der Waals surface area contributed by atoms with E-state index >= 15 is 0 Å². The van der Waals surface area contributed by atoms with Crippen LogP contribution in [0.25, 0.3) is 0 Å². The van der Waals surface area contributed by atoms with E-state index in [1.807, 2.05) is 30.1 Å². The number of rotatable bonds is 5. The van der Waals surface area contributed by atoms with E-state index in [-0.39, 0.29) is 18.2 Å². The van der Waals surface area contributed by atoms with Crippen LogP contribution in [0.3, 0.4) is 0 Å². The Hall–Kier alpha value is -1.92. The molecule has 0 aliphatic rings. The van der Waals surface area contributed by atoms with Crippen LogP contribution < -0.4 is 10.5 Å². The molecule has 0 unspecified atom stereocenters. The standard InChI is InChI=1S/C16H17F3N2O.ClH/c1-21(10-12-4-2-6-14(20)8-12)11-13-5-3-7-15(9-13)22-16(17,18)19;/h2-9H,10-11,20H2,1H3;1H. The fourth-order valence-electron chi connectivity index (χ4n) is 2.21. The maximum Gasteiger partial charge on any atom is 0.573 e. The summed E-state index contributed by atoms with van der Waals surface area (Å²) >= 11 is 0. The zero-order chi connectivity index (χ0) is 16.2. The summed E-state index contributed by atoms with van der Waals surface area (Å²) in [6.07, 6.45) is -4.67. The van der Waals surface area contributed by atoms with Crippen molar-refractivity contribution in [3.05, 3.63) is 59.7 Å². The van der Waals surface area contributed by atoms with Crippen LogP contribution in [0.15, 0.2) is 48.5 Å². The summed E-state index contributed by atoms with van der Waals surface area (Å²) < 4.78 is 40.6. The van der Waals surface area contributed by atoms with Gasteiger partial charge in [0.15, 0.2) is 0 Å². The first-order valence-electron chi connectivity index (χ1n) is 6.69. The van der Waals surface area contributed by atoms with Gasteiger partial charge in [0.25, 0.3) is 0 Å². The lowest BCUT2D eigenvalue weighted by atomic mass is 10.1. The number of hydrogen-bond donors (Lipinski definition) is 1. The van der Waals surface area contributed by atoms with Gasteiger partial charge in [-0.3, -0.25) is 4.90 Å². The molecule has 0 saturated heterocycles. The van der Waals surface area contributed by atoms with Gasteiger partial charge in [0.05, 0.1) is 0 Å². The fourth-order valence-corrected chi connectivity index (χ4v) is 2.21. The van der Waals surface area contributed by atoms with Crippen LogP contribution >= 0.6 is 12.4 Å². The Bertz CT molecular complexity index is 635. The minimum atomic E-state index is -4.67. The lowest BCUT2D eigenvalue weighted by Gasteiger charge is -2.18. The summed E-state index contributed by atoms with van der Waals surface area (Å²) in [5.74, 6) is -0.206. The van der Waals surface area contributed by atoms with Crippen LogP contribution in [-0.4, -0.2) is 18.3 Å². The summed E-state index contributed by atoms with van der Waals surface area (Å²) in [4.78, 5) is 1.99. The SMILES string of the molecule is CN(Cc1cccc(N)c1)Cc1cccc(OC(F)(F)F)c1.Cl. The Morgan fingerprint density at radius 3 is 2.13 bits per heavy atom.